The molecule has 2 aromatic rings. The molecule has 1 atom stereocenters. The fraction of sp³-hybridized carbons (Fsp3) is 0.167. The summed E-state index contributed by atoms with van der Waals surface area (Å²) in [5, 5.41) is 5.68. The van der Waals surface area contributed by atoms with Crippen LogP contribution in [0.3, 0.4) is 0 Å². The fourth-order valence-corrected chi connectivity index (χ4v) is 3.45. The molecule has 3 rings (SSSR count). The molecule has 1 aliphatic heterocycles. The third-order valence-electron chi connectivity index (χ3n) is 4.12. The molecule has 2 aromatic carbocycles. The average Bonchev–Trinajstić information content (AvgIpc) is 2.81. The van der Waals surface area contributed by atoms with Crippen LogP contribution < -0.4 is 10.6 Å². The lowest BCUT2D eigenvalue weighted by atomic mass is 9.92. The summed E-state index contributed by atoms with van der Waals surface area (Å²) in [6.07, 6.45) is 0. The summed E-state index contributed by atoms with van der Waals surface area (Å²) < 4.78 is 1.03. The summed E-state index contributed by atoms with van der Waals surface area (Å²) in [6, 6.07) is 13.4. The Kier molecular flexibility index (Phi) is 5.19. The Morgan fingerprint density at radius 3 is 2.50 bits per heavy atom. The molecule has 2 N–H and O–H groups in total. The van der Waals surface area contributed by atoms with Crippen LogP contribution in [-0.2, 0) is 15.1 Å². The van der Waals surface area contributed by atoms with Gasteiger partial charge in [-0.15, -0.1) is 0 Å². The number of hydrogen-bond donors (Lipinski definition) is 2. The summed E-state index contributed by atoms with van der Waals surface area (Å²) in [4.78, 5) is 38.3. The van der Waals surface area contributed by atoms with Gasteiger partial charge in [0.05, 0.1) is 0 Å². The van der Waals surface area contributed by atoms with Crippen molar-refractivity contribution < 1.29 is 14.4 Å². The van der Waals surface area contributed by atoms with Crippen LogP contribution >= 0.6 is 34.2 Å². The Balaban J connectivity index is 1.76. The monoisotopic (exact) mass is 483 g/mol. The third kappa shape index (κ3) is 3.54. The van der Waals surface area contributed by atoms with Crippen LogP contribution in [0.25, 0.3) is 0 Å². The lowest BCUT2D eigenvalue weighted by molar-refractivity contribution is -0.133. The van der Waals surface area contributed by atoms with Crippen molar-refractivity contribution in [2.24, 2.45) is 0 Å². The van der Waals surface area contributed by atoms with Crippen molar-refractivity contribution in [1.82, 2.24) is 10.2 Å². The molecule has 0 aliphatic carbocycles. The van der Waals surface area contributed by atoms with Gasteiger partial charge >= 0.3 is 6.03 Å². The van der Waals surface area contributed by atoms with Crippen molar-refractivity contribution >= 4 is 57.7 Å². The second kappa shape index (κ2) is 7.24. The SMILES string of the molecule is CC1(c2ccccc2Cl)NC(=O)N(CC(=O)Nc2ccc(I)cc2)C1=O. The largest absolute Gasteiger partial charge is 0.325 e. The van der Waals surface area contributed by atoms with Crippen LogP contribution in [0.15, 0.2) is 48.5 Å². The molecule has 6 nitrogen and oxygen atoms in total. The molecule has 4 amide bonds. The Bertz CT molecular complexity index is 888. The average molecular weight is 484 g/mol. The molecule has 8 heteroatoms. The summed E-state index contributed by atoms with van der Waals surface area (Å²) in [5.74, 6) is -0.980. The first-order valence-corrected chi connectivity index (χ1v) is 9.21. The molecule has 1 fully saturated rings. The van der Waals surface area contributed by atoms with Crippen LogP contribution in [-0.4, -0.2) is 29.3 Å². The first-order valence-electron chi connectivity index (χ1n) is 7.76. The highest BCUT2D eigenvalue weighted by molar-refractivity contribution is 14.1. The van der Waals surface area contributed by atoms with E-state index in [1.165, 1.54) is 0 Å². The molecular weight excluding hydrogens is 469 g/mol. The van der Waals surface area contributed by atoms with E-state index in [1.807, 2.05) is 12.1 Å². The number of amides is 4. The number of halogens is 2. The normalized spacial score (nSPS) is 19.4. The van der Waals surface area contributed by atoms with Crippen LogP contribution in [0.2, 0.25) is 5.02 Å². The van der Waals surface area contributed by atoms with E-state index in [0.29, 0.717) is 16.3 Å². The van der Waals surface area contributed by atoms with Crippen molar-refractivity contribution in [3.05, 3.63) is 62.7 Å². The smallest absolute Gasteiger partial charge is 0.325 e. The molecule has 1 heterocycles. The second-order valence-electron chi connectivity index (χ2n) is 5.98. The minimum absolute atomic E-state index is 0.369. The molecule has 1 saturated heterocycles. The molecule has 1 unspecified atom stereocenters. The van der Waals surface area contributed by atoms with Gasteiger partial charge in [0, 0.05) is 19.8 Å². The number of carbonyl (C=O) groups is 3. The van der Waals surface area contributed by atoms with E-state index < -0.39 is 23.4 Å². The molecular formula is C18H15ClIN3O3. The predicted molar refractivity (Wildman–Crippen MR) is 107 cm³/mol. The molecule has 1 aliphatic rings. The summed E-state index contributed by atoms with van der Waals surface area (Å²) in [5.41, 5.74) is -0.227. The van der Waals surface area contributed by atoms with Gasteiger partial charge in [0.25, 0.3) is 5.91 Å². The van der Waals surface area contributed by atoms with E-state index in [9.17, 15) is 14.4 Å². The van der Waals surface area contributed by atoms with Gasteiger partial charge in [-0.05, 0) is 59.8 Å². The maximum atomic E-state index is 12.8. The van der Waals surface area contributed by atoms with E-state index in [2.05, 4.69) is 33.2 Å². The number of carbonyl (C=O) groups excluding carboxylic acids is 3. The van der Waals surface area contributed by atoms with Gasteiger partial charge in [0.15, 0.2) is 0 Å². The van der Waals surface area contributed by atoms with Crippen molar-refractivity contribution in [3.8, 4) is 0 Å². The van der Waals surface area contributed by atoms with Gasteiger partial charge in [-0.1, -0.05) is 29.8 Å². The Morgan fingerprint density at radius 1 is 1.19 bits per heavy atom. The zero-order valence-electron chi connectivity index (χ0n) is 13.8. The summed E-state index contributed by atoms with van der Waals surface area (Å²) in [6.45, 7) is 1.20. The summed E-state index contributed by atoms with van der Waals surface area (Å²) in [7, 11) is 0. The zero-order valence-corrected chi connectivity index (χ0v) is 16.7. The van der Waals surface area contributed by atoms with E-state index in [4.69, 9.17) is 11.6 Å². The number of imide groups is 1. The molecule has 0 bridgehead atoms. The minimum Gasteiger partial charge on any atom is -0.325 e. The van der Waals surface area contributed by atoms with Gasteiger partial charge in [0.2, 0.25) is 5.91 Å². The third-order valence-corrected chi connectivity index (χ3v) is 5.17. The number of urea groups is 1. The summed E-state index contributed by atoms with van der Waals surface area (Å²) >= 11 is 8.34. The van der Waals surface area contributed by atoms with Crippen LogP contribution in [0, 0.1) is 3.57 Å². The number of nitrogens with zero attached hydrogens (tertiary/aromatic N) is 1. The fourth-order valence-electron chi connectivity index (χ4n) is 2.77. The van der Waals surface area contributed by atoms with E-state index in [0.717, 1.165) is 8.47 Å². The lowest BCUT2D eigenvalue weighted by Crippen LogP contribution is -2.42. The molecule has 0 radical (unpaired) electrons. The van der Waals surface area contributed by atoms with Gasteiger partial charge in [-0.3, -0.25) is 14.5 Å². The van der Waals surface area contributed by atoms with E-state index in [1.54, 1.807) is 43.3 Å². The van der Waals surface area contributed by atoms with Gasteiger partial charge < -0.3 is 10.6 Å². The minimum atomic E-state index is -1.31. The standard InChI is InChI=1S/C18H15ClIN3O3/c1-18(13-4-2-3-5-14(13)19)16(25)23(17(26)22-18)10-15(24)21-12-8-6-11(20)7-9-12/h2-9H,10H2,1H3,(H,21,24)(H,22,26). The maximum absolute atomic E-state index is 12.8. The Morgan fingerprint density at radius 2 is 1.85 bits per heavy atom. The number of hydrogen-bond acceptors (Lipinski definition) is 3. The van der Waals surface area contributed by atoms with Crippen LogP contribution in [0.4, 0.5) is 10.5 Å². The molecule has 0 aromatic heterocycles. The van der Waals surface area contributed by atoms with Gasteiger partial charge in [-0.25, -0.2) is 4.79 Å². The van der Waals surface area contributed by atoms with Crippen LogP contribution in [0.1, 0.15) is 12.5 Å². The lowest BCUT2D eigenvalue weighted by Gasteiger charge is -2.23. The maximum Gasteiger partial charge on any atom is 0.325 e. The first-order chi connectivity index (χ1) is 12.3. The number of anilines is 1. The van der Waals surface area contributed by atoms with Gasteiger partial charge in [-0.2, -0.15) is 0 Å². The van der Waals surface area contributed by atoms with Crippen molar-refractivity contribution in [2.45, 2.75) is 12.5 Å². The zero-order chi connectivity index (χ0) is 18.9. The molecule has 0 spiro atoms. The van der Waals surface area contributed by atoms with Crippen molar-refractivity contribution in [3.63, 3.8) is 0 Å². The van der Waals surface area contributed by atoms with Crippen molar-refractivity contribution in [1.29, 1.82) is 0 Å². The van der Waals surface area contributed by atoms with E-state index in [-0.39, 0.29) is 6.54 Å². The quantitative estimate of drug-likeness (QED) is 0.517. The van der Waals surface area contributed by atoms with E-state index >= 15 is 0 Å². The van der Waals surface area contributed by atoms with Crippen molar-refractivity contribution in [2.75, 3.05) is 11.9 Å². The molecule has 134 valence electrons. The Labute approximate surface area is 169 Å². The first kappa shape index (κ1) is 18.7. The highest BCUT2D eigenvalue weighted by Crippen LogP contribution is 2.33. The van der Waals surface area contributed by atoms with Gasteiger partial charge in [0.1, 0.15) is 12.1 Å². The highest BCUT2D eigenvalue weighted by atomic mass is 127. The highest BCUT2D eigenvalue weighted by Gasteiger charge is 2.50. The topological polar surface area (TPSA) is 78.5 Å². The Hall–Kier alpha value is -2.13. The number of rotatable bonds is 4. The number of benzene rings is 2. The second-order valence-corrected chi connectivity index (χ2v) is 7.63. The number of nitrogens with one attached hydrogen (secondary N) is 2. The molecule has 0 saturated carbocycles. The molecule has 26 heavy (non-hydrogen) atoms. The predicted octanol–water partition coefficient (Wildman–Crippen LogP) is 3.35. The van der Waals surface area contributed by atoms with Crippen LogP contribution in [0.5, 0.6) is 0 Å².